The standard InChI is InChI=1S/C16H24N4O4S2/c1-11-4-3-5-19(7-11)16-17-6-12-10-26(23,24)14-9-20(25(2,21)22)8-13(14)15(12)18-16/h6,11,13-14H,3-5,7-10H2,1-2H3/t11-,13-,14+/m0/s1. The number of fused-ring (bicyclic) bond motifs is 3. The summed E-state index contributed by atoms with van der Waals surface area (Å²) in [5.41, 5.74) is 1.31. The van der Waals surface area contributed by atoms with Gasteiger partial charge in [-0.2, -0.15) is 0 Å². The Hall–Kier alpha value is -1.26. The highest BCUT2D eigenvalue weighted by Crippen LogP contribution is 2.40. The van der Waals surface area contributed by atoms with E-state index in [9.17, 15) is 16.8 Å². The Labute approximate surface area is 154 Å². The minimum absolute atomic E-state index is 0.0192. The molecule has 3 aliphatic heterocycles. The first-order valence-corrected chi connectivity index (χ1v) is 12.5. The zero-order valence-corrected chi connectivity index (χ0v) is 16.6. The van der Waals surface area contributed by atoms with Gasteiger partial charge in [0.25, 0.3) is 0 Å². The maximum Gasteiger partial charge on any atom is 0.225 e. The van der Waals surface area contributed by atoms with Crippen LogP contribution in [0, 0.1) is 5.92 Å². The molecule has 0 radical (unpaired) electrons. The van der Waals surface area contributed by atoms with Crippen molar-refractivity contribution in [3.63, 3.8) is 0 Å². The molecule has 3 aliphatic rings. The van der Waals surface area contributed by atoms with Gasteiger partial charge >= 0.3 is 0 Å². The van der Waals surface area contributed by atoms with E-state index in [1.54, 1.807) is 6.20 Å². The molecule has 0 aromatic carbocycles. The van der Waals surface area contributed by atoms with E-state index in [0.717, 1.165) is 25.8 Å². The van der Waals surface area contributed by atoms with Gasteiger partial charge in [0.2, 0.25) is 16.0 Å². The number of aromatic nitrogens is 2. The average Bonchev–Trinajstić information content (AvgIpc) is 3.01. The van der Waals surface area contributed by atoms with Crippen LogP contribution < -0.4 is 4.90 Å². The van der Waals surface area contributed by atoms with Crippen LogP contribution >= 0.6 is 0 Å². The van der Waals surface area contributed by atoms with Gasteiger partial charge in [0.1, 0.15) is 0 Å². The van der Waals surface area contributed by atoms with Crippen LogP contribution in [0.2, 0.25) is 0 Å². The van der Waals surface area contributed by atoms with Crippen molar-refractivity contribution in [1.29, 1.82) is 0 Å². The first kappa shape index (κ1) is 18.1. The molecule has 0 spiro atoms. The molecule has 2 saturated heterocycles. The Bertz CT molecular complexity index is 932. The van der Waals surface area contributed by atoms with Crippen LogP contribution in [0.3, 0.4) is 0 Å². The van der Waals surface area contributed by atoms with E-state index >= 15 is 0 Å². The number of hydrogen-bond acceptors (Lipinski definition) is 7. The van der Waals surface area contributed by atoms with E-state index in [4.69, 9.17) is 4.98 Å². The van der Waals surface area contributed by atoms with Gasteiger partial charge < -0.3 is 4.90 Å². The van der Waals surface area contributed by atoms with Gasteiger partial charge in [-0.1, -0.05) is 6.92 Å². The van der Waals surface area contributed by atoms with Crippen LogP contribution in [0.15, 0.2) is 6.20 Å². The number of rotatable bonds is 2. The fraction of sp³-hybridized carbons (Fsp3) is 0.750. The Morgan fingerprint density at radius 1 is 1.23 bits per heavy atom. The maximum atomic E-state index is 12.6. The molecule has 0 saturated carbocycles. The summed E-state index contributed by atoms with van der Waals surface area (Å²) in [5.74, 6) is 0.676. The minimum Gasteiger partial charge on any atom is -0.341 e. The lowest BCUT2D eigenvalue weighted by molar-refractivity contribution is 0.441. The smallest absolute Gasteiger partial charge is 0.225 e. The molecule has 2 fully saturated rings. The molecule has 10 heteroatoms. The Morgan fingerprint density at radius 2 is 2.00 bits per heavy atom. The van der Waals surface area contributed by atoms with Crippen LogP contribution in [0.1, 0.15) is 36.9 Å². The fourth-order valence-corrected chi connectivity index (χ4v) is 7.28. The SMILES string of the molecule is C[C@H]1CCCN(c2ncc3c(n2)[C@H]2CN(S(C)(=O)=O)C[C@H]2S(=O)(=O)C3)C1. The van der Waals surface area contributed by atoms with Crippen LogP contribution in [0.4, 0.5) is 5.95 Å². The molecule has 1 aromatic rings. The molecule has 8 nitrogen and oxygen atoms in total. The van der Waals surface area contributed by atoms with Crippen molar-refractivity contribution in [2.45, 2.75) is 36.7 Å². The molecule has 4 heterocycles. The number of anilines is 1. The number of sulfonamides is 1. The van der Waals surface area contributed by atoms with Crippen molar-refractivity contribution in [2.75, 3.05) is 37.3 Å². The zero-order valence-electron chi connectivity index (χ0n) is 15.0. The van der Waals surface area contributed by atoms with Gasteiger partial charge in [0.05, 0.1) is 23.0 Å². The van der Waals surface area contributed by atoms with Crippen molar-refractivity contribution in [2.24, 2.45) is 5.92 Å². The molecule has 26 heavy (non-hydrogen) atoms. The predicted octanol–water partition coefficient (Wildman–Crippen LogP) is 0.369. The van der Waals surface area contributed by atoms with Crippen molar-refractivity contribution < 1.29 is 16.8 Å². The van der Waals surface area contributed by atoms with E-state index in [1.165, 1.54) is 10.7 Å². The average molecular weight is 401 g/mol. The zero-order chi connectivity index (χ0) is 18.7. The van der Waals surface area contributed by atoms with Crippen LogP contribution in [-0.2, 0) is 25.6 Å². The van der Waals surface area contributed by atoms with Crippen LogP contribution in [-0.4, -0.2) is 68.8 Å². The highest BCUT2D eigenvalue weighted by molar-refractivity contribution is 7.91. The Balaban J connectivity index is 1.72. The molecule has 144 valence electrons. The monoisotopic (exact) mass is 400 g/mol. The van der Waals surface area contributed by atoms with E-state index in [1.807, 2.05) is 0 Å². The molecule has 4 rings (SSSR count). The third kappa shape index (κ3) is 3.11. The van der Waals surface area contributed by atoms with Gasteiger partial charge in [0, 0.05) is 43.9 Å². The quantitative estimate of drug-likeness (QED) is 0.707. The third-order valence-corrected chi connectivity index (χ3v) is 9.05. The summed E-state index contributed by atoms with van der Waals surface area (Å²) in [5, 5.41) is -0.715. The maximum absolute atomic E-state index is 12.6. The third-order valence-electron chi connectivity index (χ3n) is 5.70. The molecule has 3 atom stereocenters. The second-order valence-electron chi connectivity index (χ2n) is 7.81. The van der Waals surface area contributed by atoms with Gasteiger partial charge in [-0.15, -0.1) is 0 Å². The van der Waals surface area contributed by atoms with Crippen molar-refractivity contribution >= 4 is 25.8 Å². The van der Waals surface area contributed by atoms with Gasteiger partial charge in [-0.25, -0.2) is 31.1 Å². The summed E-state index contributed by atoms with van der Waals surface area (Å²) in [6.45, 7) is 4.17. The lowest BCUT2D eigenvalue weighted by Gasteiger charge is -2.32. The molecule has 0 bridgehead atoms. The van der Waals surface area contributed by atoms with Crippen molar-refractivity contribution in [3.8, 4) is 0 Å². The summed E-state index contributed by atoms with van der Waals surface area (Å²) in [7, 11) is -6.85. The lowest BCUT2D eigenvalue weighted by Crippen LogP contribution is -2.38. The van der Waals surface area contributed by atoms with Gasteiger partial charge in [-0.05, 0) is 18.8 Å². The number of nitrogens with zero attached hydrogens (tertiary/aromatic N) is 4. The van der Waals surface area contributed by atoms with E-state index in [0.29, 0.717) is 23.1 Å². The van der Waals surface area contributed by atoms with E-state index in [-0.39, 0.29) is 18.8 Å². The number of sulfone groups is 1. The topological polar surface area (TPSA) is 101 Å². The van der Waals surface area contributed by atoms with E-state index < -0.39 is 31.0 Å². The first-order valence-electron chi connectivity index (χ1n) is 8.92. The molecule has 0 N–H and O–H groups in total. The molecule has 0 unspecified atom stereocenters. The van der Waals surface area contributed by atoms with Crippen molar-refractivity contribution in [1.82, 2.24) is 14.3 Å². The summed E-state index contributed by atoms with van der Waals surface area (Å²) < 4.78 is 50.4. The lowest BCUT2D eigenvalue weighted by atomic mass is 9.99. The first-order chi connectivity index (χ1) is 12.1. The minimum atomic E-state index is -3.44. The number of piperidine rings is 1. The highest BCUT2D eigenvalue weighted by atomic mass is 32.2. The van der Waals surface area contributed by atoms with Crippen molar-refractivity contribution in [3.05, 3.63) is 17.5 Å². The molecule has 0 aliphatic carbocycles. The Morgan fingerprint density at radius 3 is 2.69 bits per heavy atom. The Kier molecular flexibility index (Phi) is 4.27. The molecule has 1 aromatic heterocycles. The van der Waals surface area contributed by atoms with Gasteiger partial charge in [-0.3, -0.25) is 0 Å². The van der Waals surface area contributed by atoms with Crippen LogP contribution in [0.25, 0.3) is 0 Å². The highest BCUT2D eigenvalue weighted by Gasteiger charge is 2.49. The second-order valence-corrected chi connectivity index (χ2v) is 12.0. The summed E-state index contributed by atoms with van der Waals surface area (Å²) in [4.78, 5) is 11.3. The molecule has 0 amide bonds. The van der Waals surface area contributed by atoms with Crippen LogP contribution in [0.5, 0.6) is 0 Å². The predicted molar refractivity (Wildman–Crippen MR) is 98.2 cm³/mol. The summed E-state index contributed by atoms with van der Waals surface area (Å²) in [6, 6.07) is 0. The second kappa shape index (κ2) is 6.13. The summed E-state index contributed by atoms with van der Waals surface area (Å²) >= 11 is 0. The molecular weight excluding hydrogens is 376 g/mol. The van der Waals surface area contributed by atoms with Gasteiger partial charge in [0.15, 0.2) is 9.84 Å². The summed E-state index contributed by atoms with van der Waals surface area (Å²) in [6.07, 6.45) is 5.02. The fourth-order valence-electron chi connectivity index (χ4n) is 4.33. The normalized spacial score (nSPS) is 31.5. The number of hydrogen-bond donors (Lipinski definition) is 0. The largest absolute Gasteiger partial charge is 0.341 e. The molecular formula is C16H24N4O4S2. The van der Waals surface area contributed by atoms with E-state index in [2.05, 4.69) is 16.8 Å².